The van der Waals surface area contributed by atoms with Gasteiger partial charge in [-0.15, -0.1) is 0 Å². The van der Waals surface area contributed by atoms with Gasteiger partial charge in [0.05, 0.1) is 25.4 Å². The van der Waals surface area contributed by atoms with Crippen LogP contribution in [0.1, 0.15) is 81.1 Å². The number of nitrogens with zero attached hydrogens (tertiary/aromatic N) is 2. The maximum absolute atomic E-state index is 10.6. The van der Waals surface area contributed by atoms with Crippen LogP contribution in [0, 0.1) is 11.8 Å². The van der Waals surface area contributed by atoms with Crippen LogP contribution in [0.4, 0.5) is 0 Å². The van der Waals surface area contributed by atoms with Gasteiger partial charge in [0.1, 0.15) is 0 Å². The van der Waals surface area contributed by atoms with Crippen molar-refractivity contribution in [1.82, 2.24) is 9.80 Å². The van der Waals surface area contributed by atoms with Crippen molar-refractivity contribution in [3.8, 4) is 0 Å². The number of hydrogen-bond acceptors (Lipinski definition) is 5. The fourth-order valence-electron chi connectivity index (χ4n) is 5.37. The monoisotopic (exact) mass is 412 g/mol. The van der Waals surface area contributed by atoms with E-state index in [2.05, 4.69) is 65.2 Å². The molecular weight excluding hydrogens is 364 g/mol. The predicted octanol–water partition coefficient (Wildman–Crippen LogP) is 3.52. The van der Waals surface area contributed by atoms with Gasteiger partial charge in [-0.25, -0.2) is 0 Å². The Labute approximate surface area is 179 Å². The summed E-state index contributed by atoms with van der Waals surface area (Å²) in [6.07, 6.45) is 3.75. The number of rotatable bonds is 8. The smallest absolute Gasteiger partial charge is 0.0900 e. The zero-order valence-electron chi connectivity index (χ0n) is 20.3. The van der Waals surface area contributed by atoms with Crippen molar-refractivity contribution in [2.75, 3.05) is 26.3 Å². The molecule has 2 fully saturated rings. The van der Waals surface area contributed by atoms with Gasteiger partial charge >= 0.3 is 0 Å². The van der Waals surface area contributed by atoms with Crippen molar-refractivity contribution in [3.63, 3.8) is 0 Å². The Bertz CT molecular complexity index is 466. The van der Waals surface area contributed by atoms with Crippen LogP contribution in [0.2, 0.25) is 0 Å². The van der Waals surface area contributed by atoms with Gasteiger partial charge in [-0.2, -0.15) is 0 Å². The molecule has 5 nitrogen and oxygen atoms in total. The molecule has 0 bridgehead atoms. The number of likely N-dealkylation sites (tertiary alicyclic amines) is 2. The van der Waals surface area contributed by atoms with Gasteiger partial charge in [-0.05, 0) is 79.1 Å². The Morgan fingerprint density at radius 1 is 0.759 bits per heavy atom. The Kier molecular flexibility index (Phi) is 8.60. The van der Waals surface area contributed by atoms with E-state index in [9.17, 15) is 10.2 Å². The molecule has 29 heavy (non-hydrogen) atoms. The van der Waals surface area contributed by atoms with E-state index in [0.29, 0.717) is 37.0 Å². The number of piperidine rings is 2. The van der Waals surface area contributed by atoms with Gasteiger partial charge in [0, 0.05) is 36.3 Å². The molecule has 0 aromatic carbocycles. The second-order valence-electron chi connectivity index (χ2n) is 11.3. The third kappa shape index (κ3) is 6.39. The van der Waals surface area contributed by atoms with Crippen LogP contribution in [0.25, 0.3) is 0 Å². The average Bonchev–Trinajstić information content (AvgIpc) is 2.63. The van der Waals surface area contributed by atoms with Gasteiger partial charge < -0.3 is 14.9 Å². The molecule has 5 heteroatoms. The first kappa shape index (κ1) is 25.1. The van der Waals surface area contributed by atoms with Crippen LogP contribution in [0.15, 0.2) is 0 Å². The quantitative estimate of drug-likeness (QED) is 0.639. The molecule has 0 aliphatic carbocycles. The van der Waals surface area contributed by atoms with Crippen LogP contribution in [0.3, 0.4) is 0 Å². The number of hydrogen-bond donors (Lipinski definition) is 2. The van der Waals surface area contributed by atoms with E-state index in [1.807, 2.05) is 0 Å². The summed E-state index contributed by atoms with van der Waals surface area (Å²) in [6.45, 7) is 20.0. The molecule has 6 unspecified atom stereocenters. The van der Waals surface area contributed by atoms with Crippen molar-refractivity contribution >= 4 is 0 Å². The molecule has 2 N–H and O–H groups in total. The summed E-state index contributed by atoms with van der Waals surface area (Å²) in [6, 6.07) is 0.924. The van der Waals surface area contributed by atoms with Crippen molar-refractivity contribution in [2.24, 2.45) is 11.8 Å². The normalized spacial score (nSPS) is 35.4. The molecule has 0 aromatic heterocycles. The second kappa shape index (κ2) is 9.95. The molecule has 0 radical (unpaired) electrons. The standard InChI is InChI=1S/C24H48N2O3/c1-17-9-11-23(5,6)25(19(17)3)13-21(27)15-29-16-22(28)14-26-20(4)18(2)10-12-24(26,7)8/h17-22,27-28H,9-16H2,1-8H3. The second-order valence-corrected chi connectivity index (χ2v) is 11.3. The molecule has 6 atom stereocenters. The summed E-state index contributed by atoms with van der Waals surface area (Å²) in [7, 11) is 0. The Balaban J connectivity index is 1.78. The molecule has 0 aromatic rings. The van der Waals surface area contributed by atoms with Gasteiger partial charge in [-0.3, -0.25) is 9.80 Å². The predicted molar refractivity (Wildman–Crippen MR) is 120 cm³/mol. The summed E-state index contributed by atoms with van der Waals surface area (Å²) < 4.78 is 5.75. The Hall–Kier alpha value is -0.200. The van der Waals surface area contributed by atoms with Crippen LogP contribution in [0.5, 0.6) is 0 Å². The van der Waals surface area contributed by atoms with E-state index in [0.717, 1.165) is 12.8 Å². The van der Waals surface area contributed by atoms with E-state index in [1.54, 1.807) is 0 Å². The van der Waals surface area contributed by atoms with Crippen molar-refractivity contribution in [2.45, 2.75) is 116 Å². The number of ether oxygens (including phenoxy) is 1. The highest BCUT2D eigenvalue weighted by molar-refractivity contribution is 4.94. The highest BCUT2D eigenvalue weighted by Gasteiger charge is 2.39. The van der Waals surface area contributed by atoms with Crippen molar-refractivity contribution in [1.29, 1.82) is 0 Å². The minimum absolute atomic E-state index is 0.110. The van der Waals surface area contributed by atoms with Gasteiger partial charge in [0.2, 0.25) is 0 Å². The largest absolute Gasteiger partial charge is 0.389 e. The summed E-state index contributed by atoms with van der Waals surface area (Å²) in [5.41, 5.74) is 0.220. The maximum Gasteiger partial charge on any atom is 0.0900 e. The maximum atomic E-state index is 10.6. The molecule has 2 aliphatic rings. The first-order valence-corrected chi connectivity index (χ1v) is 11.8. The van der Waals surface area contributed by atoms with Crippen LogP contribution in [-0.4, -0.2) is 81.7 Å². The summed E-state index contributed by atoms with van der Waals surface area (Å²) in [5.74, 6) is 1.30. The van der Waals surface area contributed by atoms with Gasteiger partial charge in [-0.1, -0.05) is 13.8 Å². The molecular formula is C24H48N2O3. The molecule has 2 aliphatic heterocycles. The van der Waals surface area contributed by atoms with Crippen molar-refractivity contribution < 1.29 is 14.9 Å². The molecule has 2 heterocycles. The van der Waals surface area contributed by atoms with Crippen LogP contribution >= 0.6 is 0 Å². The number of aliphatic hydroxyl groups excluding tert-OH is 2. The minimum Gasteiger partial charge on any atom is -0.389 e. The first-order chi connectivity index (χ1) is 13.3. The van der Waals surface area contributed by atoms with E-state index in [-0.39, 0.29) is 24.3 Å². The van der Waals surface area contributed by atoms with Gasteiger partial charge in [0.15, 0.2) is 0 Å². The Morgan fingerprint density at radius 3 is 1.45 bits per heavy atom. The zero-order valence-corrected chi connectivity index (χ0v) is 20.3. The summed E-state index contributed by atoms with van der Waals surface area (Å²) in [4.78, 5) is 4.87. The van der Waals surface area contributed by atoms with E-state index in [1.165, 1.54) is 12.8 Å². The topological polar surface area (TPSA) is 56.2 Å². The van der Waals surface area contributed by atoms with Crippen molar-refractivity contribution in [3.05, 3.63) is 0 Å². The lowest BCUT2D eigenvalue weighted by molar-refractivity contribution is -0.0742. The van der Waals surface area contributed by atoms with E-state index >= 15 is 0 Å². The van der Waals surface area contributed by atoms with Crippen LogP contribution in [-0.2, 0) is 4.74 Å². The third-order valence-corrected chi connectivity index (χ3v) is 8.04. The SMILES string of the molecule is CC1CCC(C)(C)N(CC(O)COCC(O)CN2C(C)C(C)CCC2(C)C)C1C. The molecule has 2 rings (SSSR count). The van der Waals surface area contributed by atoms with E-state index in [4.69, 9.17) is 4.74 Å². The lowest BCUT2D eigenvalue weighted by Gasteiger charge is -2.50. The molecule has 0 amide bonds. The molecule has 2 saturated heterocycles. The zero-order chi connectivity index (χ0) is 22.0. The Morgan fingerprint density at radius 2 is 1.10 bits per heavy atom. The third-order valence-electron chi connectivity index (χ3n) is 8.04. The summed E-state index contributed by atoms with van der Waals surface area (Å²) in [5, 5.41) is 21.1. The average molecular weight is 413 g/mol. The molecule has 172 valence electrons. The van der Waals surface area contributed by atoms with Crippen LogP contribution < -0.4 is 0 Å². The highest BCUT2D eigenvalue weighted by Crippen LogP contribution is 2.36. The fraction of sp³-hybridized carbons (Fsp3) is 1.00. The molecule has 0 saturated carbocycles. The number of aliphatic hydroxyl groups is 2. The first-order valence-electron chi connectivity index (χ1n) is 11.8. The fourth-order valence-corrected chi connectivity index (χ4v) is 5.37. The lowest BCUT2D eigenvalue weighted by atomic mass is 9.80. The van der Waals surface area contributed by atoms with Gasteiger partial charge in [0.25, 0.3) is 0 Å². The molecule has 0 spiro atoms. The minimum atomic E-state index is -0.528. The highest BCUT2D eigenvalue weighted by atomic mass is 16.5. The number of β-amino-alcohol motifs (C(OH)–C–C–N with tert-alkyl or cyclic N) is 2. The lowest BCUT2D eigenvalue weighted by Crippen LogP contribution is -2.58. The summed E-state index contributed by atoms with van der Waals surface area (Å²) >= 11 is 0. The van der Waals surface area contributed by atoms with E-state index < -0.39 is 12.2 Å².